The van der Waals surface area contributed by atoms with E-state index in [1.54, 1.807) is 0 Å². The minimum Gasteiger partial charge on any atom is -0.378 e. The lowest BCUT2D eigenvalue weighted by molar-refractivity contribution is 0.0122. The Labute approximate surface area is 115 Å². The van der Waals surface area contributed by atoms with Crippen LogP contribution in [-0.4, -0.2) is 36.2 Å². The van der Waals surface area contributed by atoms with Gasteiger partial charge in [0.15, 0.2) is 5.17 Å². The molecule has 0 aliphatic carbocycles. The van der Waals surface area contributed by atoms with Crippen molar-refractivity contribution in [2.45, 2.75) is 57.3 Å². The third-order valence-electron chi connectivity index (χ3n) is 3.47. The number of aliphatic imine (C=N–C) groups is 1. The van der Waals surface area contributed by atoms with E-state index in [0.29, 0.717) is 11.4 Å². The van der Waals surface area contributed by atoms with Gasteiger partial charge in [0.1, 0.15) is 0 Å². The summed E-state index contributed by atoms with van der Waals surface area (Å²) in [5.41, 5.74) is 0. The van der Waals surface area contributed by atoms with Crippen LogP contribution in [0, 0.1) is 5.92 Å². The smallest absolute Gasteiger partial charge is 0.156 e. The van der Waals surface area contributed by atoms with Crippen LogP contribution < -0.4 is 5.32 Å². The van der Waals surface area contributed by atoms with Crippen LogP contribution in [0.25, 0.3) is 0 Å². The molecule has 0 bridgehead atoms. The first-order valence-electron chi connectivity index (χ1n) is 7.30. The highest BCUT2D eigenvalue weighted by Crippen LogP contribution is 2.25. The van der Waals surface area contributed by atoms with Crippen molar-refractivity contribution in [2.24, 2.45) is 10.9 Å². The first-order chi connectivity index (χ1) is 8.74. The van der Waals surface area contributed by atoms with E-state index in [2.05, 4.69) is 24.2 Å². The maximum atomic E-state index is 5.73. The molecule has 104 valence electrons. The van der Waals surface area contributed by atoms with Crippen molar-refractivity contribution in [3.63, 3.8) is 0 Å². The molecular formula is C14H26N2OS. The number of hydrogen-bond acceptors (Lipinski definition) is 4. The summed E-state index contributed by atoms with van der Waals surface area (Å²) in [6.07, 6.45) is 6.67. The first kappa shape index (κ1) is 14.2. The average Bonchev–Trinajstić information content (AvgIpc) is 2.77. The molecule has 1 saturated heterocycles. The lowest BCUT2D eigenvalue weighted by Gasteiger charge is -2.22. The second kappa shape index (κ2) is 7.39. The molecule has 2 atom stereocenters. The largest absolute Gasteiger partial charge is 0.378 e. The van der Waals surface area contributed by atoms with Gasteiger partial charge in [0.2, 0.25) is 0 Å². The van der Waals surface area contributed by atoms with Crippen LogP contribution in [0.15, 0.2) is 4.99 Å². The van der Waals surface area contributed by atoms with Gasteiger partial charge >= 0.3 is 0 Å². The van der Waals surface area contributed by atoms with E-state index < -0.39 is 0 Å². The summed E-state index contributed by atoms with van der Waals surface area (Å²) >= 11 is 1.92. The predicted molar refractivity (Wildman–Crippen MR) is 79.3 cm³/mol. The molecule has 0 aromatic carbocycles. The second-order valence-electron chi connectivity index (χ2n) is 5.72. The van der Waals surface area contributed by atoms with E-state index in [0.717, 1.165) is 37.2 Å². The SMILES string of the molecule is CC(C)CC1CN=C(NCCC2CCCCO2)S1. The third kappa shape index (κ3) is 4.81. The minimum absolute atomic E-state index is 0.477. The van der Waals surface area contributed by atoms with E-state index in [1.807, 2.05) is 11.8 Å². The van der Waals surface area contributed by atoms with Gasteiger partial charge in [-0.3, -0.25) is 4.99 Å². The molecule has 2 unspecified atom stereocenters. The molecule has 18 heavy (non-hydrogen) atoms. The van der Waals surface area contributed by atoms with Gasteiger partial charge in [-0.1, -0.05) is 25.6 Å². The van der Waals surface area contributed by atoms with Gasteiger partial charge < -0.3 is 10.1 Å². The van der Waals surface area contributed by atoms with Gasteiger partial charge in [-0.15, -0.1) is 0 Å². The number of hydrogen-bond donors (Lipinski definition) is 1. The lowest BCUT2D eigenvalue weighted by atomic mass is 10.1. The molecule has 2 aliphatic heterocycles. The average molecular weight is 270 g/mol. The lowest BCUT2D eigenvalue weighted by Crippen LogP contribution is -2.27. The van der Waals surface area contributed by atoms with E-state index in [-0.39, 0.29) is 0 Å². The Morgan fingerprint density at radius 1 is 1.44 bits per heavy atom. The molecule has 2 rings (SSSR count). The number of nitrogens with one attached hydrogen (secondary N) is 1. The zero-order chi connectivity index (χ0) is 12.8. The van der Waals surface area contributed by atoms with E-state index >= 15 is 0 Å². The fourth-order valence-corrected chi connectivity index (χ4v) is 3.82. The zero-order valence-corrected chi connectivity index (χ0v) is 12.5. The molecule has 0 aromatic rings. The standard InChI is InChI=1S/C14H26N2OS/c1-11(2)9-13-10-16-14(18-13)15-7-6-12-5-3-4-8-17-12/h11-13H,3-10H2,1-2H3,(H,15,16). The molecule has 0 amide bonds. The maximum absolute atomic E-state index is 5.73. The molecule has 1 N–H and O–H groups in total. The number of amidine groups is 1. The Morgan fingerprint density at radius 3 is 3.06 bits per heavy atom. The van der Waals surface area contributed by atoms with Gasteiger partial charge in [-0.05, 0) is 38.0 Å². The van der Waals surface area contributed by atoms with Crippen molar-refractivity contribution in [3.8, 4) is 0 Å². The Balaban J connectivity index is 1.57. The third-order valence-corrected chi connectivity index (χ3v) is 4.64. The topological polar surface area (TPSA) is 33.6 Å². The number of thioether (sulfide) groups is 1. The molecular weight excluding hydrogens is 244 g/mol. The van der Waals surface area contributed by atoms with E-state index in [4.69, 9.17) is 4.74 Å². The fraction of sp³-hybridized carbons (Fsp3) is 0.929. The summed E-state index contributed by atoms with van der Waals surface area (Å²) in [6.45, 7) is 7.52. The maximum Gasteiger partial charge on any atom is 0.156 e. The molecule has 2 heterocycles. The quantitative estimate of drug-likeness (QED) is 0.833. The number of ether oxygens (including phenoxy) is 1. The number of nitrogens with zero attached hydrogens (tertiary/aromatic N) is 1. The Bertz CT molecular complexity index is 275. The molecule has 4 heteroatoms. The molecule has 0 radical (unpaired) electrons. The normalized spacial score (nSPS) is 28.5. The molecule has 1 fully saturated rings. The molecule has 0 aromatic heterocycles. The number of rotatable bonds is 5. The van der Waals surface area contributed by atoms with Crippen molar-refractivity contribution in [2.75, 3.05) is 19.7 Å². The van der Waals surface area contributed by atoms with Gasteiger partial charge in [-0.25, -0.2) is 0 Å². The Hall–Kier alpha value is -0.220. The molecule has 2 aliphatic rings. The summed E-state index contributed by atoms with van der Waals surface area (Å²) in [4.78, 5) is 4.58. The Kier molecular flexibility index (Phi) is 5.83. The molecule has 0 saturated carbocycles. The van der Waals surface area contributed by atoms with Crippen LogP contribution >= 0.6 is 11.8 Å². The van der Waals surface area contributed by atoms with Crippen LogP contribution in [0.3, 0.4) is 0 Å². The summed E-state index contributed by atoms with van der Waals surface area (Å²) in [6, 6.07) is 0. The summed E-state index contributed by atoms with van der Waals surface area (Å²) in [7, 11) is 0. The van der Waals surface area contributed by atoms with Crippen LogP contribution in [-0.2, 0) is 4.74 Å². The fourth-order valence-electron chi connectivity index (χ4n) is 2.54. The summed E-state index contributed by atoms with van der Waals surface area (Å²) in [5.74, 6) is 0.771. The van der Waals surface area contributed by atoms with Gasteiger partial charge in [-0.2, -0.15) is 0 Å². The van der Waals surface area contributed by atoms with Crippen LogP contribution in [0.1, 0.15) is 46.0 Å². The summed E-state index contributed by atoms with van der Waals surface area (Å²) in [5, 5.41) is 5.31. The van der Waals surface area contributed by atoms with E-state index in [1.165, 1.54) is 25.7 Å². The highest BCUT2D eigenvalue weighted by molar-refractivity contribution is 8.14. The first-order valence-corrected chi connectivity index (χ1v) is 8.18. The second-order valence-corrected chi connectivity index (χ2v) is 7.01. The van der Waals surface area contributed by atoms with Crippen molar-refractivity contribution < 1.29 is 4.74 Å². The van der Waals surface area contributed by atoms with Crippen molar-refractivity contribution >= 4 is 16.9 Å². The van der Waals surface area contributed by atoms with Gasteiger partial charge in [0, 0.05) is 18.4 Å². The molecule has 0 spiro atoms. The van der Waals surface area contributed by atoms with E-state index in [9.17, 15) is 0 Å². The van der Waals surface area contributed by atoms with Crippen molar-refractivity contribution in [1.82, 2.24) is 5.32 Å². The van der Waals surface area contributed by atoms with Crippen LogP contribution in [0.4, 0.5) is 0 Å². The Morgan fingerprint density at radius 2 is 2.33 bits per heavy atom. The summed E-state index contributed by atoms with van der Waals surface area (Å²) < 4.78 is 5.73. The van der Waals surface area contributed by atoms with Crippen molar-refractivity contribution in [3.05, 3.63) is 0 Å². The van der Waals surface area contributed by atoms with Crippen LogP contribution in [0.5, 0.6) is 0 Å². The molecule has 3 nitrogen and oxygen atoms in total. The van der Waals surface area contributed by atoms with Gasteiger partial charge in [0.05, 0.1) is 12.6 Å². The predicted octanol–water partition coefficient (Wildman–Crippen LogP) is 3.05. The highest BCUT2D eigenvalue weighted by atomic mass is 32.2. The van der Waals surface area contributed by atoms with Gasteiger partial charge in [0.25, 0.3) is 0 Å². The highest BCUT2D eigenvalue weighted by Gasteiger charge is 2.20. The zero-order valence-electron chi connectivity index (χ0n) is 11.7. The monoisotopic (exact) mass is 270 g/mol. The van der Waals surface area contributed by atoms with Crippen LogP contribution in [0.2, 0.25) is 0 Å². The van der Waals surface area contributed by atoms with Crippen molar-refractivity contribution in [1.29, 1.82) is 0 Å². The minimum atomic E-state index is 0.477.